The fraction of sp³-hybridized carbons (Fsp3) is 0.571. The largest absolute Gasteiger partial charge is 0.382 e. The third-order valence-corrected chi connectivity index (χ3v) is 3.81. The number of hydrogen-bond acceptors (Lipinski definition) is 2. The van der Waals surface area contributed by atoms with Crippen LogP contribution in [0.25, 0.3) is 0 Å². The SMILES string of the molecule is CC(Nc1ccc2c(c1)CN(C)C2)C1CC1. The number of anilines is 1. The summed E-state index contributed by atoms with van der Waals surface area (Å²) in [6, 6.07) is 7.48. The molecule has 1 aromatic carbocycles. The quantitative estimate of drug-likeness (QED) is 0.835. The van der Waals surface area contributed by atoms with E-state index >= 15 is 0 Å². The Morgan fingerprint density at radius 3 is 2.75 bits per heavy atom. The van der Waals surface area contributed by atoms with E-state index in [1.54, 1.807) is 0 Å². The molecule has 1 saturated carbocycles. The first-order chi connectivity index (χ1) is 7.72. The maximum Gasteiger partial charge on any atom is 0.0345 e. The molecule has 0 spiro atoms. The number of nitrogens with zero attached hydrogens (tertiary/aromatic N) is 1. The van der Waals surface area contributed by atoms with Crippen molar-refractivity contribution in [3.63, 3.8) is 0 Å². The van der Waals surface area contributed by atoms with Crippen molar-refractivity contribution in [2.45, 2.75) is 38.9 Å². The normalized spacial score (nSPS) is 21.9. The molecule has 3 rings (SSSR count). The summed E-state index contributed by atoms with van der Waals surface area (Å²) < 4.78 is 0. The van der Waals surface area contributed by atoms with Crippen molar-refractivity contribution in [2.24, 2.45) is 5.92 Å². The van der Waals surface area contributed by atoms with Crippen molar-refractivity contribution in [3.05, 3.63) is 29.3 Å². The van der Waals surface area contributed by atoms with Gasteiger partial charge in [-0.05, 0) is 56.0 Å². The Balaban J connectivity index is 1.74. The number of hydrogen-bond donors (Lipinski definition) is 1. The van der Waals surface area contributed by atoms with Gasteiger partial charge in [-0.2, -0.15) is 0 Å². The summed E-state index contributed by atoms with van der Waals surface area (Å²) in [6.45, 7) is 4.51. The van der Waals surface area contributed by atoms with Crippen LogP contribution < -0.4 is 5.32 Å². The number of nitrogens with one attached hydrogen (secondary N) is 1. The molecule has 0 saturated heterocycles. The first kappa shape index (κ1) is 10.2. The number of rotatable bonds is 3. The van der Waals surface area contributed by atoms with E-state index in [-0.39, 0.29) is 0 Å². The second-order valence-electron chi connectivity index (χ2n) is 5.43. The van der Waals surface area contributed by atoms with Crippen molar-refractivity contribution in [1.29, 1.82) is 0 Å². The topological polar surface area (TPSA) is 15.3 Å². The molecule has 1 aromatic rings. The lowest BCUT2D eigenvalue weighted by Crippen LogP contribution is -2.17. The van der Waals surface area contributed by atoms with Gasteiger partial charge in [0, 0.05) is 24.8 Å². The van der Waals surface area contributed by atoms with Gasteiger partial charge in [0.1, 0.15) is 0 Å². The fourth-order valence-corrected chi connectivity index (χ4v) is 2.63. The third kappa shape index (κ3) is 1.94. The standard InChI is InChI=1S/C14H20N2/c1-10(11-3-4-11)15-14-6-5-12-8-16(2)9-13(12)7-14/h5-7,10-11,15H,3-4,8-9H2,1-2H3. The van der Waals surface area contributed by atoms with Crippen LogP contribution in [-0.4, -0.2) is 18.0 Å². The molecule has 0 radical (unpaired) electrons. The van der Waals surface area contributed by atoms with E-state index in [0.717, 1.165) is 19.0 Å². The third-order valence-electron chi connectivity index (χ3n) is 3.81. The van der Waals surface area contributed by atoms with Crippen LogP contribution in [0.2, 0.25) is 0 Å². The van der Waals surface area contributed by atoms with Gasteiger partial charge in [-0.15, -0.1) is 0 Å². The molecule has 1 heterocycles. The Morgan fingerprint density at radius 2 is 2.00 bits per heavy atom. The maximum absolute atomic E-state index is 3.63. The van der Waals surface area contributed by atoms with Gasteiger partial charge >= 0.3 is 0 Å². The molecule has 2 nitrogen and oxygen atoms in total. The van der Waals surface area contributed by atoms with Gasteiger partial charge in [0.2, 0.25) is 0 Å². The lowest BCUT2D eigenvalue weighted by molar-refractivity contribution is 0.353. The van der Waals surface area contributed by atoms with Gasteiger partial charge in [-0.25, -0.2) is 0 Å². The van der Waals surface area contributed by atoms with Crippen LogP contribution in [0.1, 0.15) is 30.9 Å². The van der Waals surface area contributed by atoms with Gasteiger partial charge in [0.05, 0.1) is 0 Å². The predicted molar refractivity (Wildman–Crippen MR) is 67.4 cm³/mol. The average Bonchev–Trinajstić information content (AvgIpc) is 3.01. The molecule has 0 aromatic heterocycles. The molecule has 1 atom stereocenters. The summed E-state index contributed by atoms with van der Waals surface area (Å²) in [6.07, 6.45) is 2.81. The van der Waals surface area contributed by atoms with Crippen molar-refractivity contribution < 1.29 is 0 Å². The lowest BCUT2D eigenvalue weighted by Gasteiger charge is -2.15. The van der Waals surface area contributed by atoms with Crippen molar-refractivity contribution in [3.8, 4) is 0 Å². The minimum absolute atomic E-state index is 0.636. The van der Waals surface area contributed by atoms with Crippen molar-refractivity contribution >= 4 is 5.69 Å². The molecule has 1 unspecified atom stereocenters. The summed E-state index contributed by atoms with van der Waals surface area (Å²) in [5.41, 5.74) is 4.29. The second-order valence-corrected chi connectivity index (χ2v) is 5.43. The maximum atomic E-state index is 3.63. The van der Waals surface area contributed by atoms with Crippen LogP contribution in [-0.2, 0) is 13.1 Å². The molecule has 1 aliphatic carbocycles. The van der Waals surface area contributed by atoms with Crippen LogP contribution >= 0.6 is 0 Å². The monoisotopic (exact) mass is 216 g/mol. The Bertz CT molecular complexity index is 396. The smallest absolute Gasteiger partial charge is 0.0345 e. The molecular weight excluding hydrogens is 196 g/mol. The lowest BCUT2D eigenvalue weighted by atomic mass is 10.1. The number of fused-ring (bicyclic) bond motifs is 1. The molecule has 1 N–H and O–H groups in total. The minimum Gasteiger partial charge on any atom is -0.382 e. The van der Waals surface area contributed by atoms with E-state index in [0.29, 0.717) is 6.04 Å². The van der Waals surface area contributed by atoms with E-state index in [9.17, 15) is 0 Å². The van der Waals surface area contributed by atoms with E-state index in [2.05, 4.69) is 42.4 Å². The van der Waals surface area contributed by atoms with E-state index in [1.807, 2.05) is 0 Å². The molecule has 2 heteroatoms. The molecule has 0 amide bonds. The summed E-state index contributed by atoms with van der Waals surface area (Å²) in [5.74, 6) is 0.913. The van der Waals surface area contributed by atoms with Gasteiger partial charge in [0.15, 0.2) is 0 Å². The van der Waals surface area contributed by atoms with Crippen LogP contribution in [0.4, 0.5) is 5.69 Å². The minimum atomic E-state index is 0.636. The van der Waals surface area contributed by atoms with Gasteiger partial charge in [0.25, 0.3) is 0 Å². The molecular formula is C14H20N2. The zero-order valence-corrected chi connectivity index (χ0v) is 10.2. The highest BCUT2D eigenvalue weighted by Crippen LogP contribution is 2.34. The van der Waals surface area contributed by atoms with Crippen molar-refractivity contribution in [2.75, 3.05) is 12.4 Å². The fourth-order valence-electron chi connectivity index (χ4n) is 2.63. The Hall–Kier alpha value is -1.02. The van der Waals surface area contributed by atoms with Crippen LogP contribution in [0.5, 0.6) is 0 Å². The molecule has 16 heavy (non-hydrogen) atoms. The van der Waals surface area contributed by atoms with Gasteiger partial charge < -0.3 is 5.32 Å². The summed E-state index contributed by atoms with van der Waals surface area (Å²) in [7, 11) is 2.18. The predicted octanol–water partition coefficient (Wildman–Crippen LogP) is 2.84. The van der Waals surface area contributed by atoms with E-state index in [1.165, 1.54) is 29.7 Å². The van der Waals surface area contributed by atoms with Crippen LogP contribution in [0.15, 0.2) is 18.2 Å². The molecule has 0 bridgehead atoms. The van der Waals surface area contributed by atoms with E-state index in [4.69, 9.17) is 0 Å². The molecule has 86 valence electrons. The molecule has 1 fully saturated rings. The summed E-state index contributed by atoms with van der Waals surface area (Å²) >= 11 is 0. The van der Waals surface area contributed by atoms with Gasteiger partial charge in [-0.1, -0.05) is 6.07 Å². The van der Waals surface area contributed by atoms with Crippen molar-refractivity contribution in [1.82, 2.24) is 4.90 Å². The average molecular weight is 216 g/mol. The second kappa shape index (κ2) is 3.77. The molecule has 1 aliphatic heterocycles. The highest BCUT2D eigenvalue weighted by molar-refractivity contribution is 5.50. The number of benzene rings is 1. The zero-order chi connectivity index (χ0) is 11.1. The summed E-state index contributed by atoms with van der Waals surface area (Å²) in [4.78, 5) is 2.36. The Labute approximate surface area is 97.6 Å². The highest BCUT2D eigenvalue weighted by atomic mass is 15.1. The Kier molecular flexibility index (Phi) is 2.40. The van der Waals surface area contributed by atoms with Gasteiger partial charge in [-0.3, -0.25) is 4.90 Å². The van der Waals surface area contributed by atoms with Crippen LogP contribution in [0.3, 0.4) is 0 Å². The zero-order valence-electron chi connectivity index (χ0n) is 10.2. The summed E-state index contributed by atoms with van der Waals surface area (Å²) in [5, 5.41) is 3.63. The van der Waals surface area contributed by atoms with Crippen LogP contribution in [0, 0.1) is 5.92 Å². The van der Waals surface area contributed by atoms with E-state index < -0.39 is 0 Å². The Morgan fingerprint density at radius 1 is 1.25 bits per heavy atom. The first-order valence-corrected chi connectivity index (χ1v) is 6.29. The molecule has 2 aliphatic rings. The highest BCUT2D eigenvalue weighted by Gasteiger charge is 2.27. The first-order valence-electron chi connectivity index (χ1n) is 6.29.